The summed E-state index contributed by atoms with van der Waals surface area (Å²) in [6.45, 7) is 1.92. The normalized spacial score (nSPS) is 9.82. The van der Waals surface area contributed by atoms with Crippen LogP contribution in [0.2, 0.25) is 0 Å². The Morgan fingerprint density at radius 2 is 1.76 bits per heavy atom. The Morgan fingerprint density at radius 1 is 1.18 bits per heavy atom. The molecule has 4 nitrogen and oxygen atoms in total. The van der Waals surface area contributed by atoms with Crippen molar-refractivity contribution >= 4 is 18.1 Å². The summed E-state index contributed by atoms with van der Waals surface area (Å²) in [5.74, 6) is 0. The molecule has 92 valence electrons. The summed E-state index contributed by atoms with van der Waals surface area (Å²) in [5, 5.41) is 2.94. The van der Waals surface area contributed by atoms with Crippen LogP contribution in [0.15, 0.2) is 35.1 Å². The molecule has 0 fully saturated rings. The Bertz CT molecular complexity index is 557. The van der Waals surface area contributed by atoms with Crippen LogP contribution in [0.3, 0.4) is 0 Å². The lowest BCUT2D eigenvalue weighted by molar-refractivity contribution is 0.630. The zero-order valence-corrected chi connectivity index (χ0v) is 10.9. The third-order valence-corrected chi connectivity index (χ3v) is 2.80. The maximum Gasteiger partial charge on any atom is 0.295 e. The second kappa shape index (κ2) is 5.10. The minimum atomic E-state index is -0.0197. The van der Waals surface area contributed by atoms with Crippen molar-refractivity contribution in [2.24, 2.45) is 7.05 Å². The summed E-state index contributed by atoms with van der Waals surface area (Å²) in [7, 11) is 3.64. The molecular formula is C12H16ClN3O. The lowest BCUT2D eigenvalue weighted by Gasteiger charge is -2.07. The zero-order valence-electron chi connectivity index (χ0n) is 10.1. The third kappa shape index (κ3) is 2.08. The van der Waals surface area contributed by atoms with Gasteiger partial charge in [0.1, 0.15) is 5.69 Å². The van der Waals surface area contributed by atoms with Gasteiger partial charge in [0.2, 0.25) is 0 Å². The van der Waals surface area contributed by atoms with Crippen LogP contribution < -0.4 is 10.9 Å². The molecule has 0 saturated heterocycles. The van der Waals surface area contributed by atoms with E-state index in [1.165, 1.54) is 0 Å². The third-order valence-electron chi connectivity index (χ3n) is 2.80. The number of nitrogens with one attached hydrogen (secondary N) is 1. The van der Waals surface area contributed by atoms with Gasteiger partial charge < -0.3 is 5.32 Å². The van der Waals surface area contributed by atoms with Crippen molar-refractivity contribution in [3.8, 4) is 5.69 Å². The first-order chi connectivity index (χ1) is 7.66. The zero-order chi connectivity index (χ0) is 11.7. The summed E-state index contributed by atoms with van der Waals surface area (Å²) in [6, 6.07) is 9.61. The molecule has 1 heterocycles. The predicted molar refractivity (Wildman–Crippen MR) is 72.5 cm³/mol. The SMILES string of the molecule is CNc1c(C)n(C)n(-c2ccccc2)c1=O.Cl. The quantitative estimate of drug-likeness (QED) is 0.889. The molecule has 1 N–H and O–H groups in total. The van der Waals surface area contributed by atoms with E-state index in [2.05, 4.69) is 5.32 Å². The molecule has 0 unspecified atom stereocenters. The molecular weight excluding hydrogens is 238 g/mol. The van der Waals surface area contributed by atoms with Crippen molar-refractivity contribution in [1.29, 1.82) is 0 Å². The molecule has 0 aliphatic rings. The summed E-state index contributed by atoms with van der Waals surface area (Å²) < 4.78 is 3.50. The van der Waals surface area contributed by atoms with E-state index in [1.54, 1.807) is 11.7 Å². The molecule has 0 bridgehead atoms. The number of hydrogen-bond donors (Lipinski definition) is 1. The Balaban J connectivity index is 0.00000144. The molecule has 0 radical (unpaired) electrons. The van der Waals surface area contributed by atoms with E-state index in [9.17, 15) is 4.79 Å². The van der Waals surface area contributed by atoms with Crippen LogP contribution in [0.5, 0.6) is 0 Å². The number of halogens is 1. The fourth-order valence-corrected chi connectivity index (χ4v) is 1.86. The van der Waals surface area contributed by atoms with Crippen LogP contribution in [-0.2, 0) is 7.05 Å². The Kier molecular flexibility index (Phi) is 4.02. The van der Waals surface area contributed by atoms with Crippen LogP contribution in [0.25, 0.3) is 5.69 Å². The van der Waals surface area contributed by atoms with Crippen molar-refractivity contribution < 1.29 is 0 Å². The van der Waals surface area contributed by atoms with Crippen LogP contribution in [0.4, 0.5) is 5.69 Å². The van der Waals surface area contributed by atoms with Gasteiger partial charge in [0.25, 0.3) is 5.56 Å². The summed E-state index contributed by atoms with van der Waals surface area (Å²) in [4.78, 5) is 12.1. The second-order valence-corrected chi connectivity index (χ2v) is 3.69. The minimum absolute atomic E-state index is 0. The molecule has 0 amide bonds. The first-order valence-electron chi connectivity index (χ1n) is 5.18. The van der Waals surface area contributed by atoms with Crippen LogP contribution >= 0.6 is 12.4 Å². The van der Waals surface area contributed by atoms with Gasteiger partial charge in [-0.15, -0.1) is 12.4 Å². The highest BCUT2D eigenvalue weighted by molar-refractivity contribution is 5.85. The molecule has 1 aromatic carbocycles. The molecule has 5 heteroatoms. The van der Waals surface area contributed by atoms with E-state index in [0.717, 1.165) is 11.4 Å². The summed E-state index contributed by atoms with van der Waals surface area (Å²) in [5.41, 5.74) is 2.43. The van der Waals surface area contributed by atoms with Crippen molar-refractivity contribution in [3.05, 3.63) is 46.4 Å². The van der Waals surface area contributed by atoms with Gasteiger partial charge in [-0.1, -0.05) is 18.2 Å². The lowest BCUT2D eigenvalue weighted by atomic mass is 10.3. The summed E-state index contributed by atoms with van der Waals surface area (Å²) in [6.07, 6.45) is 0. The number of para-hydroxylation sites is 1. The molecule has 0 aliphatic heterocycles. The smallest absolute Gasteiger partial charge is 0.295 e. The fourth-order valence-electron chi connectivity index (χ4n) is 1.86. The number of nitrogens with zero attached hydrogens (tertiary/aromatic N) is 2. The van der Waals surface area contributed by atoms with Gasteiger partial charge in [0.05, 0.1) is 11.4 Å². The minimum Gasteiger partial charge on any atom is -0.382 e. The van der Waals surface area contributed by atoms with Gasteiger partial charge in [-0.3, -0.25) is 9.48 Å². The van der Waals surface area contributed by atoms with Gasteiger partial charge in [-0.25, -0.2) is 4.68 Å². The molecule has 1 aromatic heterocycles. The number of anilines is 1. The van der Waals surface area contributed by atoms with Crippen molar-refractivity contribution in [2.75, 3.05) is 12.4 Å². The highest BCUT2D eigenvalue weighted by Gasteiger charge is 2.13. The Morgan fingerprint density at radius 3 is 2.24 bits per heavy atom. The molecule has 2 aromatic rings. The topological polar surface area (TPSA) is 39.0 Å². The molecule has 0 saturated carbocycles. The van der Waals surface area contributed by atoms with Crippen molar-refractivity contribution in [2.45, 2.75) is 6.92 Å². The van der Waals surface area contributed by atoms with Crippen LogP contribution in [0.1, 0.15) is 5.69 Å². The second-order valence-electron chi connectivity index (χ2n) is 3.69. The number of hydrogen-bond acceptors (Lipinski definition) is 2. The van der Waals surface area contributed by atoms with Gasteiger partial charge in [0, 0.05) is 14.1 Å². The highest BCUT2D eigenvalue weighted by atomic mass is 35.5. The van der Waals surface area contributed by atoms with Gasteiger partial charge in [-0.05, 0) is 19.1 Å². The number of aromatic nitrogens is 2. The fraction of sp³-hybridized carbons (Fsp3) is 0.250. The molecule has 17 heavy (non-hydrogen) atoms. The molecule has 0 atom stereocenters. The maximum atomic E-state index is 12.1. The van der Waals surface area contributed by atoms with E-state index in [0.29, 0.717) is 5.69 Å². The Hall–Kier alpha value is -1.68. The average molecular weight is 254 g/mol. The first-order valence-corrected chi connectivity index (χ1v) is 5.18. The van der Waals surface area contributed by atoms with E-state index >= 15 is 0 Å². The van der Waals surface area contributed by atoms with E-state index < -0.39 is 0 Å². The van der Waals surface area contributed by atoms with Gasteiger partial charge in [0.15, 0.2) is 0 Å². The number of benzene rings is 1. The van der Waals surface area contributed by atoms with Crippen LogP contribution in [0, 0.1) is 6.92 Å². The molecule has 2 rings (SSSR count). The monoisotopic (exact) mass is 253 g/mol. The maximum absolute atomic E-state index is 12.1. The van der Waals surface area contributed by atoms with E-state index in [4.69, 9.17) is 0 Å². The van der Waals surface area contributed by atoms with Gasteiger partial charge >= 0.3 is 0 Å². The first kappa shape index (κ1) is 13.4. The number of rotatable bonds is 2. The van der Waals surface area contributed by atoms with E-state index in [1.807, 2.05) is 49.0 Å². The highest BCUT2D eigenvalue weighted by Crippen LogP contribution is 2.12. The van der Waals surface area contributed by atoms with Gasteiger partial charge in [-0.2, -0.15) is 0 Å². The molecule has 0 aliphatic carbocycles. The standard InChI is InChI=1S/C12H15N3O.ClH/c1-9-11(13-2)12(16)15(14(9)3)10-7-5-4-6-8-10;/h4-8,13H,1-3H3;1H. The largest absolute Gasteiger partial charge is 0.382 e. The average Bonchev–Trinajstić information content (AvgIpc) is 2.51. The van der Waals surface area contributed by atoms with Crippen LogP contribution in [-0.4, -0.2) is 16.4 Å². The predicted octanol–water partition coefficient (Wildman–Crippen LogP) is 1.95. The Labute approximate surface area is 106 Å². The lowest BCUT2D eigenvalue weighted by Crippen LogP contribution is -2.20. The molecule has 0 spiro atoms. The van der Waals surface area contributed by atoms with E-state index in [-0.39, 0.29) is 18.0 Å². The van der Waals surface area contributed by atoms with Crippen molar-refractivity contribution in [3.63, 3.8) is 0 Å². The summed E-state index contributed by atoms with van der Waals surface area (Å²) >= 11 is 0. The van der Waals surface area contributed by atoms with Crippen molar-refractivity contribution in [1.82, 2.24) is 9.36 Å².